The molecule has 2 amide bonds. The largest absolute Gasteiger partial charge is 0.369 e. The quantitative estimate of drug-likeness (QED) is 0.764. The molecule has 120 valence electrons. The molecule has 7 heteroatoms. The second kappa shape index (κ2) is 7.31. The molecule has 1 unspecified atom stereocenters. The van der Waals surface area contributed by atoms with Crippen molar-refractivity contribution in [3.63, 3.8) is 0 Å². The summed E-state index contributed by atoms with van der Waals surface area (Å²) in [7, 11) is 0. The van der Waals surface area contributed by atoms with Gasteiger partial charge in [0, 0.05) is 15.7 Å². The van der Waals surface area contributed by atoms with Crippen LogP contribution in [0.4, 0.5) is 5.69 Å². The van der Waals surface area contributed by atoms with Crippen LogP contribution in [0, 0.1) is 5.92 Å². The first-order chi connectivity index (χ1) is 10.4. The predicted molar refractivity (Wildman–Crippen MR) is 87.2 cm³/mol. The van der Waals surface area contributed by atoms with Crippen molar-refractivity contribution in [1.82, 2.24) is 0 Å². The van der Waals surface area contributed by atoms with E-state index in [4.69, 9.17) is 28.9 Å². The van der Waals surface area contributed by atoms with Gasteiger partial charge in [-0.2, -0.15) is 0 Å². The summed E-state index contributed by atoms with van der Waals surface area (Å²) < 4.78 is 0. The molecule has 0 spiro atoms. The predicted octanol–water partition coefficient (Wildman–Crippen LogP) is 1.10. The first-order valence-electron chi connectivity index (χ1n) is 7.27. The van der Waals surface area contributed by atoms with Gasteiger partial charge in [0.1, 0.15) is 0 Å². The van der Waals surface area contributed by atoms with Gasteiger partial charge >= 0.3 is 0 Å². The first-order valence-corrected chi connectivity index (χ1v) is 8.03. The molecular weight excluding hydrogens is 325 g/mol. The number of primary amides is 1. The summed E-state index contributed by atoms with van der Waals surface area (Å²) in [4.78, 5) is 24.8. The van der Waals surface area contributed by atoms with Crippen LogP contribution in [0.3, 0.4) is 0 Å². The molecule has 5 nitrogen and oxygen atoms in total. The second-order valence-electron chi connectivity index (χ2n) is 5.72. The van der Waals surface area contributed by atoms with Crippen molar-refractivity contribution >= 4 is 40.7 Å². The van der Waals surface area contributed by atoms with Crippen LogP contribution in [0.15, 0.2) is 18.2 Å². The van der Waals surface area contributed by atoms with Gasteiger partial charge < -0.3 is 16.0 Å². The lowest BCUT2D eigenvalue weighted by Gasteiger charge is -2.31. The average Bonchev–Trinajstić information content (AvgIpc) is 2.45. The second-order valence-corrected chi connectivity index (χ2v) is 6.60. The number of piperidine rings is 1. The summed E-state index contributed by atoms with van der Waals surface area (Å²) in [6.45, 7) is 3.30. The van der Waals surface area contributed by atoms with Gasteiger partial charge in [-0.25, -0.2) is 0 Å². The Morgan fingerprint density at radius 1 is 1.32 bits per heavy atom. The Kier molecular flexibility index (Phi) is 5.67. The van der Waals surface area contributed by atoms with Gasteiger partial charge in [0.15, 0.2) is 6.04 Å². The van der Waals surface area contributed by atoms with Crippen LogP contribution in [0.5, 0.6) is 0 Å². The molecule has 1 aromatic rings. The number of amides is 2. The van der Waals surface area contributed by atoms with E-state index in [1.165, 1.54) is 0 Å². The van der Waals surface area contributed by atoms with Crippen molar-refractivity contribution in [2.75, 3.05) is 18.4 Å². The lowest BCUT2D eigenvalue weighted by atomic mass is 9.96. The molecule has 0 aliphatic carbocycles. The standard InChI is InChI=1S/C15H19Cl2N3O2/c1-9(20-4-2-3-10(8-20)14(18)21)15(22)19-13-6-11(16)5-12(17)7-13/h5-7,9-10H,2-4,8H2,1H3,(H2,18,21)(H,19,22)/p+1/t9-,10-/m0/s1. The minimum atomic E-state index is -0.286. The van der Waals surface area contributed by atoms with Crippen LogP contribution < -0.4 is 16.0 Å². The highest BCUT2D eigenvalue weighted by Crippen LogP contribution is 2.22. The number of quaternary nitrogens is 1. The van der Waals surface area contributed by atoms with E-state index in [-0.39, 0.29) is 23.8 Å². The van der Waals surface area contributed by atoms with Gasteiger partial charge in [0.05, 0.1) is 19.0 Å². The molecule has 0 radical (unpaired) electrons. The number of halogens is 2. The number of carbonyl (C=O) groups is 2. The lowest BCUT2D eigenvalue weighted by Crippen LogP contribution is -3.18. The number of nitrogens with one attached hydrogen (secondary N) is 2. The summed E-state index contributed by atoms with van der Waals surface area (Å²) in [5.74, 6) is -0.565. The van der Waals surface area contributed by atoms with E-state index in [2.05, 4.69) is 5.32 Å². The molecule has 3 atom stereocenters. The maximum Gasteiger partial charge on any atom is 0.282 e. The molecule has 1 fully saturated rings. The van der Waals surface area contributed by atoms with Crippen molar-refractivity contribution in [1.29, 1.82) is 0 Å². The Morgan fingerprint density at radius 3 is 2.55 bits per heavy atom. The minimum absolute atomic E-state index is 0.126. The maximum absolute atomic E-state index is 12.4. The molecular formula is C15H20Cl2N3O2+. The van der Waals surface area contributed by atoms with Gasteiger partial charge in [0.25, 0.3) is 5.91 Å². The average molecular weight is 345 g/mol. The number of benzene rings is 1. The Balaban J connectivity index is 2.00. The summed E-state index contributed by atoms with van der Waals surface area (Å²) >= 11 is 11.8. The van der Waals surface area contributed by atoms with Crippen molar-refractivity contribution < 1.29 is 14.5 Å². The molecule has 0 saturated carbocycles. The zero-order valence-electron chi connectivity index (χ0n) is 12.4. The third-order valence-electron chi connectivity index (χ3n) is 4.10. The molecule has 1 aromatic carbocycles. The van der Waals surface area contributed by atoms with Crippen LogP contribution in [0.1, 0.15) is 19.8 Å². The van der Waals surface area contributed by atoms with Crippen LogP contribution in [-0.4, -0.2) is 30.9 Å². The van der Waals surface area contributed by atoms with E-state index in [0.29, 0.717) is 22.3 Å². The summed E-state index contributed by atoms with van der Waals surface area (Å²) in [5, 5.41) is 3.75. The maximum atomic E-state index is 12.4. The fourth-order valence-corrected chi connectivity index (χ4v) is 3.32. The molecule has 0 bridgehead atoms. The van der Waals surface area contributed by atoms with Crippen molar-refractivity contribution in [3.8, 4) is 0 Å². The van der Waals surface area contributed by atoms with E-state index in [0.717, 1.165) is 24.3 Å². The highest BCUT2D eigenvalue weighted by Gasteiger charge is 2.33. The molecule has 4 N–H and O–H groups in total. The first kappa shape index (κ1) is 17.1. The highest BCUT2D eigenvalue weighted by molar-refractivity contribution is 6.35. The molecule has 22 heavy (non-hydrogen) atoms. The highest BCUT2D eigenvalue weighted by atomic mass is 35.5. The Bertz CT molecular complexity index is 560. The zero-order chi connectivity index (χ0) is 16.3. The summed E-state index contributed by atoms with van der Waals surface area (Å²) in [6, 6.07) is 4.63. The van der Waals surface area contributed by atoms with Gasteiger partial charge in [0.2, 0.25) is 5.91 Å². The fraction of sp³-hybridized carbons (Fsp3) is 0.467. The normalized spacial score (nSPS) is 22.9. The number of likely N-dealkylation sites (tertiary alicyclic amines) is 1. The number of rotatable bonds is 4. The van der Waals surface area contributed by atoms with E-state index in [9.17, 15) is 9.59 Å². The molecule has 1 heterocycles. The number of hydrogen-bond acceptors (Lipinski definition) is 2. The van der Waals surface area contributed by atoms with Gasteiger partial charge in [-0.3, -0.25) is 9.59 Å². The Hall–Kier alpha value is -1.30. The number of anilines is 1. The molecule has 2 rings (SSSR count). The monoisotopic (exact) mass is 344 g/mol. The van der Waals surface area contributed by atoms with Crippen LogP contribution in [0.25, 0.3) is 0 Å². The summed E-state index contributed by atoms with van der Waals surface area (Å²) in [5.41, 5.74) is 5.95. The van der Waals surface area contributed by atoms with E-state index in [1.807, 2.05) is 6.92 Å². The van der Waals surface area contributed by atoms with Gasteiger partial charge in [-0.15, -0.1) is 0 Å². The van der Waals surface area contributed by atoms with Crippen LogP contribution >= 0.6 is 23.2 Å². The number of nitrogens with two attached hydrogens (primary N) is 1. The van der Waals surface area contributed by atoms with Gasteiger partial charge in [-0.1, -0.05) is 23.2 Å². The Labute approximate surface area is 139 Å². The topological polar surface area (TPSA) is 76.6 Å². The smallest absolute Gasteiger partial charge is 0.282 e. The van der Waals surface area contributed by atoms with E-state index < -0.39 is 0 Å². The van der Waals surface area contributed by atoms with Crippen molar-refractivity contribution in [3.05, 3.63) is 28.2 Å². The van der Waals surface area contributed by atoms with Crippen molar-refractivity contribution in [2.24, 2.45) is 11.7 Å². The lowest BCUT2D eigenvalue weighted by molar-refractivity contribution is -0.921. The molecule has 0 aromatic heterocycles. The zero-order valence-corrected chi connectivity index (χ0v) is 13.9. The SMILES string of the molecule is C[C@@H](C(=O)Nc1cc(Cl)cc(Cl)c1)[NH+]1CCC[C@H](C(N)=O)C1. The number of hydrogen-bond donors (Lipinski definition) is 3. The molecule has 1 aliphatic heterocycles. The molecule has 1 aliphatic rings. The Morgan fingerprint density at radius 2 is 1.95 bits per heavy atom. The minimum Gasteiger partial charge on any atom is -0.369 e. The third-order valence-corrected chi connectivity index (χ3v) is 4.53. The molecule has 1 saturated heterocycles. The van der Waals surface area contributed by atoms with Crippen LogP contribution in [0.2, 0.25) is 10.0 Å². The number of carbonyl (C=O) groups excluding carboxylic acids is 2. The van der Waals surface area contributed by atoms with E-state index >= 15 is 0 Å². The summed E-state index contributed by atoms with van der Waals surface area (Å²) in [6.07, 6.45) is 1.70. The van der Waals surface area contributed by atoms with E-state index in [1.54, 1.807) is 18.2 Å². The fourth-order valence-electron chi connectivity index (χ4n) is 2.79. The van der Waals surface area contributed by atoms with Gasteiger partial charge in [-0.05, 0) is 38.0 Å². The van der Waals surface area contributed by atoms with Crippen LogP contribution in [-0.2, 0) is 9.59 Å². The third kappa shape index (κ3) is 4.35. The van der Waals surface area contributed by atoms with Crippen molar-refractivity contribution in [2.45, 2.75) is 25.8 Å².